The number of fused-ring (bicyclic) bond motifs is 1. The second-order valence-corrected chi connectivity index (χ2v) is 11.2. The van der Waals surface area contributed by atoms with Crippen LogP contribution >= 0.6 is 11.6 Å². The zero-order chi connectivity index (χ0) is 22.9. The molecule has 0 unspecified atom stereocenters. The van der Waals surface area contributed by atoms with E-state index < -0.39 is 19.9 Å². The van der Waals surface area contributed by atoms with E-state index in [2.05, 4.69) is 9.71 Å². The molecule has 2 aromatic carbocycles. The van der Waals surface area contributed by atoms with Crippen molar-refractivity contribution in [3.8, 4) is 0 Å². The van der Waals surface area contributed by atoms with Gasteiger partial charge in [-0.15, -0.1) is 0 Å². The average Bonchev–Trinajstić information content (AvgIpc) is 3.34. The first kappa shape index (κ1) is 22.4. The Morgan fingerprint density at radius 3 is 2.62 bits per heavy atom. The molecular weight excluding hydrogens is 474 g/mol. The molecule has 0 amide bonds. The zero-order valence-electron chi connectivity index (χ0n) is 17.0. The summed E-state index contributed by atoms with van der Waals surface area (Å²) in [7, 11) is -8.14. The number of nitrogens with zero attached hydrogens (tertiary/aromatic N) is 2. The predicted molar refractivity (Wildman–Crippen MR) is 122 cm³/mol. The number of furan rings is 1. The SMILES string of the molecule is CCCn1cnc(CS(=O)(=O)c2ccc(Cl)cc2NS(=O)(=O)c2cc3ccccc3o2)c1. The number of benzene rings is 2. The molecule has 0 saturated carbocycles. The van der Waals surface area contributed by atoms with E-state index in [9.17, 15) is 16.8 Å². The number of sulfonamides is 1. The van der Waals surface area contributed by atoms with Crippen molar-refractivity contribution in [2.75, 3.05) is 4.72 Å². The fourth-order valence-electron chi connectivity index (χ4n) is 3.27. The molecule has 2 aromatic heterocycles. The molecule has 32 heavy (non-hydrogen) atoms. The zero-order valence-corrected chi connectivity index (χ0v) is 19.4. The van der Waals surface area contributed by atoms with Gasteiger partial charge in [0.05, 0.1) is 28.4 Å². The molecule has 0 fully saturated rings. The molecule has 0 bridgehead atoms. The Morgan fingerprint density at radius 1 is 1.09 bits per heavy atom. The summed E-state index contributed by atoms with van der Waals surface area (Å²) in [5, 5.41) is 0.452. The topological polar surface area (TPSA) is 111 Å². The van der Waals surface area contributed by atoms with Gasteiger partial charge in [-0.05, 0) is 30.7 Å². The van der Waals surface area contributed by atoms with Crippen LogP contribution in [0.15, 0.2) is 75.5 Å². The van der Waals surface area contributed by atoms with Crippen LogP contribution in [0.3, 0.4) is 0 Å². The van der Waals surface area contributed by atoms with Gasteiger partial charge in [-0.25, -0.2) is 13.4 Å². The van der Waals surface area contributed by atoms with E-state index in [0.717, 1.165) is 13.0 Å². The third kappa shape index (κ3) is 4.67. The van der Waals surface area contributed by atoms with Gasteiger partial charge in [-0.1, -0.05) is 36.7 Å². The number of imidazole rings is 1. The summed E-state index contributed by atoms with van der Waals surface area (Å²) < 4.78 is 61.7. The highest BCUT2D eigenvalue weighted by atomic mass is 35.5. The average molecular weight is 494 g/mol. The summed E-state index contributed by atoms with van der Waals surface area (Å²) in [5.41, 5.74) is 0.597. The number of halogens is 1. The third-order valence-electron chi connectivity index (χ3n) is 4.70. The molecule has 0 aliphatic rings. The van der Waals surface area contributed by atoms with E-state index in [1.807, 2.05) is 6.92 Å². The van der Waals surface area contributed by atoms with E-state index >= 15 is 0 Å². The Labute approximate surface area is 190 Å². The van der Waals surface area contributed by atoms with Crippen LogP contribution in [0.2, 0.25) is 5.02 Å². The molecule has 0 atom stereocenters. The lowest BCUT2D eigenvalue weighted by Gasteiger charge is -2.12. The number of anilines is 1. The Morgan fingerprint density at radius 2 is 1.88 bits per heavy atom. The van der Waals surface area contributed by atoms with Gasteiger partial charge in [0.1, 0.15) is 5.58 Å². The lowest BCUT2D eigenvalue weighted by molar-refractivity contribution is 0.484. The lowest BCUT2D eigenvalue weighted by Crippen LogP contribution is -2.16. The molecule has 4 aromatic rings. The molecule has 1 N–H and O–H groups in total. The highest BCUT2D eigenvalue weighted by molar-refractivity contribution is 7.93. The first-order chi connectivity index (χ1) is 15.2. The van der Waals surface area contributed by atoms with Crippen LogP contribution in [0.4, 0.5) is 5.69 Å². The second kappa shape index (κ2) is 8.61. The molecular formula is C21H20ClN3O5S2. The number of aryl methyl sites for hydroxylation is 1. The van der Waals surface area contributed by atoms with E-state index in [-0.39, 0.29) is 26.5 Å². The maximum atomic E-state index is 13.1. The van der Waals surface area contributed by atoms with Crippen molar-refractivity contribution >= 4 is 48.1 Å². The molecule has 0 aliphatic carbocycles. The number of sulfone groups is 1. The third-order valence-corrected chi connectivity index (χ3v) is 7.85. The van der Waals surface area contributed by atoms with Crippen molar-refractivity contribution in [3.63, 3.8) is 0 Å². The lowest BCUT2D eigenvalue weighted by atomic mass is 10.3. The van der Waals surface area contributed by atoms with Gasteiger partial charge in [0.2, 0.25) is 5.09 Å². The summed E-state index contributed by atoms with van der Waals surface area (Å²) in [6.07, 6.45) is 4.12. The second-order valence-electron chi connectivity index (χ2n) is 7.21. The Balaban J connectivity index is 1.68. The van der Waals surface area contributed by atoms with Gasteiger partial charge in [0.15, 0.2) is 9.84 Å². The fraction of sp³-hybridized carbons (Fsp3) is 0.190. The minimum atomic E-state index is -4.21. The van der Waals surface area contributed by atoms with Gasteiger partial charge >= 0.3 is 0 Å². The molecule has 2 heterocycles. The van der Waals surface area contributed by atoms with Crippen molar-refractivity contribution in [2.24, 2.45) is 0 Å². The van der Waals surface area contributed by atoms with Crippen molar-refractivity contribution < 1.29 is 21.3 Å². The summed E-state index contributed by atoms with van der Waals surface area (Å²) in [5.74, 6) is -0.384. The van der Waals surface area contributed by atoms with Crippen molar-refractivity contribution in [1.82, 2.24) is 9.55 Å². The van der Waals surface area contributed by atoms with Crippen LogP contribution in [0, 0.1) is 0 Å². The van der Waals surface area contributed by atoms with Crippen molar-refractivity contribution in [3.05, 3.63) is 71.8 Å². The Hall–Kier alpha value is -2.82. The maximum Gasteiger partial charge on any atom is 0.295 e. The summed E-state index contributed by atoms with van der Waals surface area (Å²) in [6, 6.07) is 12.1. The molecule has 11 heteroatoms. The van der Waals surface area contributed by atoms with Crippen LogP contribution in [-0.2, 0) is 32.2 Å². The van der Waals surface area contributed by atoms with Crippen molar-refractivity contribution in [1.29, 1.82) is 0 Å². The summed E-state index contributed by atoms with van der Waals surface area (Å²) >= 11 is 6.04. The molecule has 8 nitrogen and oxygen atoms in total. The fourth-order valence-corrected chi connectivity index (χ4v) is 5.96. The molecule has 4 rings (SSSR count). The van der Waals surface area contributed by atoms with Gasteiger partial charge in [-0.2, -0.15) is 8.42 Å². The number of aromatic nitrogens is 2. The van der Waals surface area contributed by atoms with Crippen LogP contribution in [-0.4, -0.2) is 26.4 Å². The Bertz CT molecular complexity index is 1460. The summed E-state index contributed by atoms with van der Waals surface area (Å²) in [6.45, 7) is 2.72. The van der Waals surface area contributed by atoms with E-state index in [1.54, 1.807) is 41.4 Å². The van der Waals surface area contributed by atoms with E-state index in [4.69, 9.17) is 16.0 Å². The van der Waals surface area contributed by atoms with E-state index in [1.165, 1.54) is 24.3 Å². The first-order valence-electron chi connectivity index (χ1n) is 9.72. The normalized spacial score (nSPS) is 12.3. The van der Waals surface area contributed by atoms with Gasteiger partial charge in [-0.3, -0.25) is 4.72 Å². The number of hydrogen-bond acceptors (Lipinski definition) is 6. The highest BCUT2D eigenvalue weighted by Gasteiger charge is 2.26. The molecule has 0 aliphatic heterocycles. The smallest absolute Gasteiger partial charge is 0.295 e. The van der Waals surface area contributed by atoms with Gasteiger partial charge in [0, 0.05) is 29.2 Å². The number of para-hydroxylation sites is 1. The van der Waals surface area contributed by atoms with Crippen molar-refractivity contribution in [2.45, 2.75) is 35.6 Å². The van der Waals surface area contributed by atoms with Crippen LogP contribution in [0.1, 0.15) is 19.0 Å². The van der Waals surface area contributed by atoms with Crippen LogP contribution < -0.4 is 4.72 Å². The quantitative estimate of drug-likeness (QED) is 0.387. The van der Waals surface area contributed by atoms with Gasteiger partial charge < -0.3 is 8.98 Å². The summed E-state index contributed by atoms with van der Waals surface area (Å²) in [4.78, 5) is 3.94. The molecule has 0 radical (unpaired) electrons. The standard InChI is InChI=1S/C21H20ClN3O5S2/c1-2-9-25-12-17(23-14-25)13-31(26,27)20-8-7-16(22)11-18(20)24-32(28,29)21-10-15-5-3-4-6-19(15)30-21/h3-8,10-12,14,24H,2,9,13H2,1H3. The Kier molecular flexibility index (Phi) is 6.02. The minimum Gasteiger partial charge on any atom is -0.443 e. The highest BCUT2D eigenvalue weighted by Crippen LogP contribution is 2.31. The minimum absolute atomic E-state index is 0.161. The van der Waals surface area contributed by atoms with Gasteiger partial charge in [0.25, 0.3) is 10.0 Å². The van der Waals surface area contributed by atoms with Crippen LogP contribution in [0.5, 0.6) is 0 Å². The van der Waals surface area contributed by atoms with Crippen LogP contribution in [0.25, 0.3) is 11.0 Å². The number of hydrogen-bond donors (Lipinski definition) is 1. The molecule has 168 valence electrons. The number of rotatable bonds is 8. The predicted octanol–water partition coefficient (Wildman–Crippen LogP) is 4.47. The monoisotopic (exact) mass is 493 g/mol. The van der Waals surface area contributed by atoms with E-state index in [0.29, 0.717) is 16.7 Å². The largest absolute Gasteiger partial charge is 0.443 e. The first-order valence-corrected chi connectivity index (χ1v) is 13.2. The maximum absolute atomic E-state index is 13.1. The molecule has 0 spiro atoms. The molecule has 0 saturated heterocycles. The number of nitrogens with one attached hydrogen (secondary N) is 1.